The van der Waals surface area contributed by atoms with Crippen molar-refractivity contribution < 1.29 is 18.7 Å². The molecule has 1 spiro atoms. The first-order chi connectivity index (χ1) is 13.5. The first kappa shape index (κ1) is 19.2. The average Bonchev–Trinajstić information content (AvgIpc) is 3.27. The Morgan fingerprint density at radius 3 is 2.96 bits per heavy atom. The molecule has 1 aromatic carbocycles. The predicted molar refractivity (Wildman–Crippen MR) is 105 cm³/mol. The number of ether oxygens (including phenoxy) is 2. The Balaban J connectivity index is 1.39. The summed E-state index contributed by atoms with van der Waals surface area (Å²) in [6.45, 7) is 4.99. The maximum absolute atomic E-state index is 12.5. The van der Waals surface area contributed by atoms with Crippen molar-refractivity contribution in [2.45, 2.75) is 44.4 Å². The minimum absolute atomic E-state index is 0.0176. The van der Waals surface area contributed by atoms with Gasteiger partial charge in [0.2, 0.25) is 5.91 Å². The summed E-state index contributed by atoms with van der Waals surface area (Å²) in [5, 5.41) is 2.90. The number of oxazole rings is 1. The first-order valence-electron chi connectivity index (χ1n) is 9.87. The molecular formula is C20H27N3O5. The zero-order chi connectivity index (χ0) is 19.7. The van der Waals surface area contributed by atoms with Crippen molar-refractivity contribution in [3.05, 3.63) is 28.7 Å². The third-order valence-corrected chi connectivity index (χ3v) is 5.92. The van der Waals surface area contributed by atoms with Crippen molar-refractivity contribution in [2.24, 2.45) is 0 Å². The van der Waals surface area contributed by atoms with Gasteiger partial charge in [0.1, 0.15) is 0 Å². The number of carbonyl (C=O) groups is 1. The second-order valence-electron chi connectivity index (χ2n) is 7.57. The molecule has 1 aromatic heterocycles. The van der Waals surface area contributed by atoms with Crippen LogP contribution in [0.3, 0.4) is 0 Å². The topological polar surface area (TPSA) is 85.9 Å². The molecule has 8 heteroatoms. The van der Waals surface area contributed by atoms with Gasteiger partial charge in [-0.05, 0) is 38.3 Å². The average molecular weight is 389 g/mol. The molecule has 0 bridgehead atoms. The zero-order valence-corrected chi connectivity index (χ0v) is 16.4. The number of nitrogens with one attached hydrogen (secondary N) is 1. The summed E-state index contributed by atoms with van der Waals surface area (Å²) in [5.74, 6) is -0.488. The third-order valence-electron chi connectivity index (χ3n) is 5.92. The van der Waals surface area contributed by atoms with Crippen LogP contribution in [0.4, 0.5) is 5.69 Å². The quantitative estimate of drug-likeness (QED) is 0.840. The van der Waals surface area contributed by atoms with Crippen molar-refractivity contribution in [2.75, 3.05) is 38.7 Å². The smallest absolute Gasteiger partial charge is 0.408 e. The maximum Gasteiger partial charge on any atom is 0.419 e. The van der Waals surface area contributed by atoms with Crippen molar-refractivity contribution in [3.8, 4) is 0 Å². The monoisotopic (exact) mass is 389 g/mol. The Labute approximate surface area is 163 Å². The Morgan fingerprint density at radius 1 is 1.39 bits per heavy atom. The lowest BCUT2D eigenvalue weighted by Crippen LogP contribution is -2.57. The lowest BCUT2D eigenvalue weighted by molar-refractivity contribution is -0.145. The number of carbonyl (C=O) groups excluding carboxylic acids is 1. The minimum Gasteiger partial charge on any atom is -0.408 e. The maximum atomic E-state index is 12.5. The van der Waals surface area contributed by atoms with Crippen LogP contribution in [-0.4, -0.2) is 60.4 Å². The van der Waals surface area contributed by atoms with Crippen LogP contribution in [0, 0.1) is 0 Å². The van der Waals surface area contributed by atoms with Crippen molar-refractivity contribution >= 4 is 22.7 Å². The van der Waals surface area contributed by atoms with Crippen LogP contribution in [0.5, 0.6) is 0 Å². The SMILES string of the molecule is CCn1c(=O)oc2cc(NC(=O)CN3CCC4(CCCO4)C(OC)C3)ccc21. The summed E-state index contributed by atoms with van der Waals surface area (Å²) in [5.41, 5.74) is 1.63. The summed E-state index contributed by atoms with van der Waals surface area (Å²) in [4.78, 5) is 26.4. The molecular weight excluding hydrogens is 362 g/mol. The third kappa shape index (κ3) is 3.47. The van der Waals surface area contributed by atoms with Crippen molar-refractivity contribution in [1.82, 2.24) is 9.47 Å². The molecule has 0 aliphatic carbocycles. The lowest BCUT2D eigenvalue weighted by atomic mass is 9.86. The number of aryl methyl sites for hydroxylation is 1. The van der Waals surface area contributed by atoms with E-state index in [0.29, 0.717) is 24.4 Å². The zero-order valence-electron chi connectivity index (χ0n) is 16.4. The number of nitrogens with zero attached hydrogens (tertiary/aromatic N) is 2. The number of methoxy groups -OCH3 is 1. The number of fused-ring (bicyclic) bond motifs is 1. The van der Waals surface area contributed by atoms with E-state index in [1.807, 2.05) is 6.92 Å². The highest BCUT2D eigenvalue weighted by molar-refractivity contribution is 5.94. The van der Waals surface area contributed by atoms with E-state index in [1.165, 1.54) is 0 Å². The Hall–Kier alpha value is -2.16. The van der Waals surface area contributed by atoms with Crippen LogP contribution in [-0.2, 0) is 20.8 Å². The normalized spacial score (nSPS) is 25.6. The van der Waals surface area contributed by atoms with E-state index in [9.17, 15) is 9.59 Å². The molecule has 2 aromatic rings. The van der Waals surface area contributed by atoms with Gasteiger partial charge in [-0.1, -0.05) is 0 Å². The van der Waals surface area contributed by atoms with Crippen molar-refractivity contribution in [1.29, 1.82) is 0 Å². The second kappa shape index (κ2) is 7.69. The first-order valence-corrected chi connectivity index (χ1v) is 9.87. The number of hydrogen-bond donors (Lipinski definition) is 1. The number of benzene rings is 1. The highest BCUT2D eigenvalue weighted by Gasteiger charge is 2.46. The lowest BCUT2D eigenvalue weighted by Gasteiger charge is -2.44. The van der Waals surface area contributed by atoms with Gasteiger partial charge in [-0.3, -0.25) is 14.3 Å². The van der Waals surface area contributed by atoms with Crippen LogP contribution in [0.25, 0.3) is 11.1 Å². The molecule has 8 nitrogen and oxygen atoms in total. The predicted octanol–water partition coefficient (Wildman–Crippen LogP) is 1.82. The Morgan fingerprint density at radius 2 is 2.25 bits per heavy atom. The number of piperidine rings is 1. The molecule has 3 heterocycles. The highest BCUT2D eigenvalue weighted by Crippen LogP contribution is 2.37. The number of rotatable bonds is 5. The molecule has 2 aliphatic rings. The van der Waals surface area contributed by atoms with Gasteiger partial charge < -0.3 is 19.2 Å². The molecule has 28 heavy (non-hydrogen) atoms. The van der Waals surface area contributed by atoms with E-state index in [2.05, 4.69) is 10.2 Å². The van der Waals surface area contributed by atoms with Gasteiger partial charge in [-0.15, -0.1) is 0 Å². The molecule has 1 N–H and O–H groups in total. The second-order valence-corrected chi connectivity index (χ2v) is 7.57. The number of likely N-dealkylation sites (tertiary alicyclic amines) is 1. The standard InChI is InChI=1S/C20H27N3O5/c1-3-23-15-6-5-14(11-16(15)28-19(23)25)21-18(24)13-22-9-8-20(7-4-10-27-20)17(12-22)26-2/h5-6,11,17H,3-4,7-10,12-13H2,1-2H3,(H,21,24). The van der Waals surface area contributed by atoms with Gasteiger partial charge in [0.05, 0.1) is 23.8 Å². The van der Waals surface area contributed by atoms with Crippen LogP contribution in [0.15, 0.2) is 27.4 Å². The molecule has 2 fully saturated rings. The molecule has 2 atom stereocenters. The molecule has 0 saturated carbocycles. The summed E-state index contributed by atoms with van der Waals surface area (Å²) in [6, 6.07) is 5.27. The number of hydrogen-bond acceptors (Lipinski definition) is 6. The number of amides is 1. The minimum atomic E-state index is -0.386. The van der Waals surface area contributed by atoms with Crippen LogP contribution < -0.4 is 11.1 Å². The van der Waals surface area contributed by atoms with Gasteiger partial charge in [0.25, 0.3) is 0 Å². The molecule has 2 saturated heterocycles. The fourth-order valence-corrected chi connectivity index (χ4v) is 4.45. The summed E-state index contributed by atoms with van der Waals surface area (Å²) >= 11 is 0. The molecule has 2 aliphatic heterocycles. The molecule has 1 amide bonds. The van der Waals surface area contributed by atoms with Gasteiger partial charge in [-0.25, -0.2) is 4.79 Å². The van der Waals surface area contributed by atoms with E-state index in [0.717, 1.165) is 37.9 Å². The molecule has 0 radical (unpaired) electrons. The van der Waals surface area contributed by atoms with E-state index in [1.54, 1.807) is 29.9 Å². The van der Waals surface area contributed by atoms with Gasteiger partial charge in [-0.2, -0.15) is 0 Å². The van der Waals surface area contributed by atoms with E-state index >= 15 is 0 Å². The van der Waals surface area contributed by atoms with Gasteiger partial charge in [0, 0.05) is 45.1 Å². The highest BCUT2D eigenvalue weighted by atomic mass is 16.5. The molecule has 2 unspecified atom stereocenters. The Kier molecular flexibility index (Phi) is 5.27. The fraction of sp³-hybridized carbons (Fsp3) is 0.600. The van der Waals surface area contributed by atoms with Gasteiger partial charge in [0.15, 0.2) is 5.58 Å². The van der Waals surface area contributed by atoms with Gasteiger partial charge >= 0.3 is 5.76 Å². The Bertz CT molecular complexity index is 912. The number of aromatic nitrogens is 1. The van der Waals surface area contributed by atoms with Crippen molar-refractivity contribution in [3.63, 3.8) is 0 Å². The van der Waals surface area contributed by atoms with Crippen LogP contribution in [0.2, 0.25) is 0 Å². The van der Waals surface area contributed by atoms with E-state index < -0.39 is 0 Å². The fourth-order valence-electron chi connectivity index (χ4n) is 4.45. The molecule has 152 valence electrons. The van der Waals surface area contributed by atoms with E-state index in [4.69, 9.17) is 13.9 Å². The largest absolute Gasteiger partial charge is 0.419 e. The summed E-state index contributed by atoms with van der Waals surface area (Å²) in [7, 11) is 1.71. The summed E-state index contributed by atoms with van der Waals surface area (Å²) < 4.78 is 18.5. The molecule has 4 rings (SSSR count). The van der Waals surface area contributed by atoms with E-state index in [-0.39, 0.29) is 29.9 Å². The van der Waals surface area contributed by atoms with Crippen LogP contribution >= 0.6 is 0 Å². The van der Waals surface area contributed by atoms with Crippen LogP contribution in [0.1, 0.15) is 26.2 Å². The number of anilines is 1. The summed E-state index contributed by atoms with van der Waals surface area (Å²) in [6.07, 6.45) is 2.95.